The molecule has 1 N–H and O–H groups in total. The van der Waals surface area contributed by atoms with Crippen LogP contribution >= 0.6 is 11.8 Å². The van der Waals surface area contributed by atoms with Gasteiger partial charge in [0.05, 0.1) is 11.3 Å². The fourth-order valence-corrected chi connectivity index (χ4v) is 5.04. The average Bonchev–Trinajstić information content (AvgIpc) is 2.88. The Labute approximate surface area is 203 Å². The van der Waals surface area contributed by atoms with Crippen LogP contribution in [0.15, 0.2) is 81.7 Å². The van der Waals surface area contributed by atoms with Crippen molar-refractivity contribution in [3.8, 4) is 5.75 Å². The second-order valence-electron chi connectivity index (χ2n) is 8.21. The second-order valence-corrected chi connectivity index (χ2v) is 9.35. The standard InChI is InChI=1S/C27H28FNO4S/c1-19(29-30)25-9-8-23(17-26(25)33-18-20-6-4-3-5-7-20)34-24-15-21(14-22(28)16-24)27(31-2)10-12-32-13-11-27/h3-9,14-17,30H,10-13,18H2,1-2H3/b29-19-. The zero-order chi connectivity index (χ0) is 24.0. The fraction of sp³-hybridized carbons (Fsp3) is 0.296. The number of halogens is 1. The van der Waals surface area contributed by atoms with Crippen LogP contribution in [0.5, 0.6) is 5.75 Å². The lowest BCUT2D eigenvalue weighted by molar-refractivity contribution is -0.0950. The quantitative estimate of drug-likeness (QED) is 0.229. The van der Waals surface area contributed by atoms with E-state index in [2.05, 4.69) is 5.16 Å². The van der Waals surface area contributed by atoms with E-state index in [1.165, 1.54) is 17.8 Å². The molecule has 1 fully saturated rings. The molecule has 1 aliphatic rings. The van der Waals surface area contributed by atoms with E-state index >= 15 is 0 Å². The van der Waals surface area contributed by atoms with Crippen LogP contribution in [-0.4, -0.2) is 31.2 Å². The van der Waals surface area contributed by atoms with Crippen LogP contribution in [0, 0.1) is 5.82 Å². The lowest BCUT2D eigenvalue weighted by Crippen LogP contribution is -2.35. The molecule has 1 aliphatic heterocycles. The Morgan fingerprint density at radius 2 is 1.82 bits per heavy atom. The van der Waals surface area contributed by atoms with Crippen molar-refractivity contribution in [2.24, 2.45) is 5.16 Å². The highest BCUT2D eigenvalue weighted by atomic mass is 32.2. The molecule has 7 heteroatoms. The van der Waals surface area contributed by atoms with Gasteiger partial charge in [-0.3, -0.25) is 0 Å². The van der Waals surface area contributed by atoms with Gasteiger partial charge < -0.3 is 19.4 Å². The third kappa shape index (κ3) is 5.60. The minimum absolute atomic E-state index is 0.302. The van der Waals surface area contributed by atoms with Crippen molar-refractivity contribution in [3.05, 3.63) is 89.2 Å². The summed E-state index contributed by atoms with van der Waals surface area (Å²) in [4.78, 5) is 1.65. The predicted octanol–water partition coefficient (Wildman–Crippen LogP) is 6.41. The molecule has 1 saturated heterocycles. The normalized spacial score (nSPS) is 15.8. The first-order valence-corrected chi connectivity index (χ1v) is 12.0. The summed E-state index contributed by atoms with van der Waals surface area (Å²) in [5.74, 6) is 0.293. The van der Waals surface area contributed by atoms with Crippen LogP contribution in [0.25, 0.3) is 0 Å². The van der Waals surface area contributed by atoms with E-state index < -0.39 is 5.60 Å². The summed E-state index contributed by atoms with van der Waals surface area (Å²) in [5, 5.41) is 12.6. The van der Waals surface area contributed by atoms with Crippen LogP contribution < -0.4 is 4.74 Å². The van der Waals surface area contributed by atoms with Crippen molar-refractivity contribution in [2.45, 2.75) is 41.8 Å². The molecule has 178 valence electrons. The van der Waals surface area contributed by atoms with Gasteiger partial charge >= 0.3 is 0 Å². The Hall–Kier alpha value is -2.87. The zero-order valence-electron chi connectivity index (χ0n) is 19.3. The zero-order valence-corrected chi connectivity index (χ0v) is 20.1. The Morgan fingerprint density at radius 1 is 1.06 bits per heavy atom. The van der Waals surface area contributed by atoms with E-state index in [9.17, 15) is 9.60 Å². The van der Waals surface area contributed by atoms with Crippen LogP contribution in [0.2, 0.25) is 0 Å². The summed E-state index contributed by atoms with van der Waals surface area (Å²) in [5.41, 5.74) is 2.46. The monoisotopic (exact) mass is 481 g/mol. The van der Waals surface area contributed by atoms with Crippen molar-refractivity contribution in [3.63, 3.8) is 0 Å². The Morgan fingerprint density at radius 3 is 2.53 bits per heavy atom. The van der Waals surface area contributed by atoms with Crippen LogP contribution in [0.3, 0.4) is 0 Å². The van der Waals surface area contributed by atoms with Gasteiger partial charge in [-0.2, -0.15) is 0 Å². The van der Waals surface area contributed by atoms with E-state index in [0.29, 0.717) is 49.7 Å². The molecule has 0 bridgehead atoms. The summed E-state index contributed by atoms with van der Waals surface area (Å²) >= 11 is 1.44. The van der Waals surface area contributed by atoms with Gasteiger partial charge in [0, 0.05) is 48.5 Å². The molecule has 0 spiro atoms. The third-order valence-corrected chi connectivity index (χ3v) is 7.02. The smallest absolute Gasteiger partial charge is 0.130 e. The molecule has 3 aromatic carbocycles. The molecule has 1 heterocycles. The summed E-state index contributed by atoms with van der Waals surface area (Å²) in [6.07, 6.45) is 1.37. The first-order valence-electron chi connectivity index (χ1n) is 11.1. The number of oxime groups is 1. The van der Waals surface area contributed by atoms with E-state index in [1.54, 1.807) is 20.1 Å². The van der Waals surface area contributed by atoms with Gasteiger partial charge in [-0.1, -0.05) is 47.2 Å². The largest absolute Gasteiger partial charge is 0.488 e. The molecule has 3 aromatic rings. The first kappa shape index (κ1) is 24.3. The lowest BCUT2D eigenvalue weighted by atomic mass is 9.86. The molecule has 0 atom stereocenters. The minimum Gasteiger partial charge on any atom is -0.488 e. The van der Waals surface area contributed by atoms with Gasteiger partial charge in [0.1, 0.15) is 18.2 Å². The Bertz CT molecular complexity index is 1150. The molecular weight excluding hydrogens is 453 g/mol. The number of hydrogen-bond acceptors (Lipinski definition) is 6. The van der Waals surface area contributed by atoms with Gasteiger partial charge in [-0.25, -0.2) is 4.39 Å². The van der Waals surface area contributed by atoms with Crippen LogP contribution in [0.1, 0.15) is 36.5 Å². The average molecular weight is 482 g/mol. The van der Waals surface area contributed by atoms with Gasteiger partial charge in [0.25, 0.3) is 0 Å². The summed E-state index contributed by atoms with van der Waals surface area (Å²) < 4.78 is 32.1. The van der Waals surface area contributed by atoms with Gasteiger partial charge in [-0.15, -0.1) is 0 Å². The van der Waals surface area contributed by atoms with Gasteiger partial charge in [0.2, 0.25) is 0 Å². The molecule has 0 aliphatic carbocycles. The molecule has 0 radical (unpaired) electrons. The molecular formula is C27H28FNO4S. The molecule has 0 amide bonds. The number of nitrogens with zero attached hydrogens (tertiary/aromatic N) is 1. The van der Waals surface area contributed by atoms with Crippen molar-refractivity contribution in [1.29, 1.82) is 0 Å². The van der Waals surface area contributed by atoms with E-state index in [1.807, 2.05) is 54.6 Å². The highest BCUT2D eigenvalue weighted by molar-refractivity contribution is 7.99. The summed E-state index contributed by atoms with van der Waals surface area (Å²) in [7, 11) is 1.67. The van der Waals surface area contributed by atoms with E-state index in [4.69, 9.17) is 14.2 Å². The van der Waals surface area contributed by atoms with Crippen LogP contribution in [0.4, 0.5) is 4.39 Å². The second kappa shape index (κ2) is 11.0. The predicted molar refractivity (Wildman–Crippen MR) is 130 cm³/mol. The maximum Gasteiger partial charge on any atom is 0.130 e. The number of methoxy groups -OCH3 is 1. The van der Waals surface area contributed by atoms with Crippen molar-refractivity contribution >= 4 is 17.5 Å². The Kier molecular flexibility index (Phi) is 7.88. The molecule has 5 nitrogen and oxygen atoms in total. The molecule has 34 heavy (non-hydrogen) atoms. The van der Waals surface area contributed by atoms with Crippen molar-refractivity contribution < 1.29 is 23.8 Å². The van der Waals surface area contributed by atoms with Gasteiger partial charge in [0.15, 0.2) is 0 Å². The van der Waals surface area contributed by atoms with E-state index in [-0.39, 0.29) is 5.82 Å². The molecule has 0 unspecified atom stereocenters. The van der Waals surface area contributed by atoms with Crippen LogP contribution in [-0.2, 0) is 21.7 Å². The van der Waals surface area contributed by atoms with Crippen molar-refractivity contribution in [1.82, 2.24) is 0 Å². The summed E-state index contributed by atoms with van der Waals surface area (Å²) in [6.45, 7) is 3.27. The lowest BCUT2D eigenvalue weighted by Gasteiger charge is -2.36. The highest BCUT2D eigenvalue weighted by Gasteiger charge is 2.35. The maximum atomic E-state index is 14.6. The number of benzene rings is 3. The minimum atomic E-state index is -0.543. The third-order valence-electron chi connectivity index (χ3n) is 6.05. The molecule has 0 aromatic heterocycles. The highest BCUT2D eigenvalue weighted by Crippen LogP contribution is 2.39. The van der Waals surface area contributed by atoms with Gasteiger partial charge in [-0.05, 0) is 54.4 Å². The summed E-state index contributed by atoms with van der Waals surface area (Å²) in [6, 6.07) is 20.6. The number of hydrogen-bond donors (Lipinski definition) is 1. The van der Waals surface area contributed by atoms with Crippen molar-refractivity contribution in [2.75, 3.05) is 20.3 Å². The Balaban J connectivity index is 1.61. The number of ether oxygens (including phenoxy) is 3. The van der Waals surface area contributed by atoms with E-state index in [0.717, 1.165) is 20.9 Å². The molecule has 0 saturated carbocycles. The molecule has 4 rings (SSSR count). The first-order chi connectivity index (χ1) is 16.5. The number of rotatable bonds is 8. The SMILES string of the molecule is COC1(c2cc(F)cc(Sc3ccc(/C(C)=N\O)c(OCc4ccccc4)c3)c2)CCOCC1. The fourth-order valence-electron chi connectivity index (χ4n) is 4.11. The topological polar surface area (TPSA) is 60.3 Å². The maximum absolute atomic E-state index is 14.6.